The molecule has 5 nitrogen and oxygen atoms in total. The Morgan fingerprint density at radius 3 is 2.61 bits per heavy atom. The number of hydrogen-bond donors (Lipinski definition) is 2. The number of carbonyl (C=O) groups is 1. The first-order valence-electron chi connectivity index (χ1n) is 6.37. The Balaban J connectivity index is 2.50. The summed E-state index contributed by atoms with van der Waals surface area (Å²) in [6.45, 7) is 8.34. The maximum absolute atomic E-state index is 11.8. The summed E-state index contributed by atoms with van der Waals surface area (Å²) in [5.74, 6) is 1.18. The molecule has 1 amide bonds. The first-order chi connectivity index (χ1) is 8.45. The van der Waals surface area contributed by atoms with Gasteiger partial charge in [-0.15, -0.1) is 0 Å². The lowest BCUT2D eigenvalue weighted by Crippen LogP contribution is -2.27. The Hall–Kier alpha value is -1.36. The van der Waals surface area contributed by atoms with Crippen molar-refractivity contribution in [2.75, 3.05) is 6.54 Å². The number of nitrogens with two attached hydrogens (primary N) is 1. The normalized spacial score (nSPS) is 14.3. The summed E-state index contributed by atoms with van der Waals surface area (Å²) in [7, 11) is 0. The lowest BCUT2D eigenvalue weighted by Gasteiger charge is -2.14. The molecular weight excluding hydrogens is 230 g/mol. The van der Waals surface area contributed by atoms with Crippen LogP contribution in [-0.4, -0.2) is 17.6 Å². The summed E-state index contributed by atoms with van der Waals surface area (Å²) >= 11 is 0. The molecule has 1 rings (SSSR count). The molecule has 0 radical (unpaired) electrons. The average Bonchev–Trinajstić information content (AvgIpc) is 2.65. The van der Waals surface area contributed by atoms with Crippen LogP contribution in [0.1, 0.15) is 49.7 Å². The van der Waals surface area contributed by atoms with Gasteiger partial charge in [-0.3, -0.25) is 4.79 Å². The molecule has 5 heteroatoms. The van der Waals surface area contributed by atoms with Crippen LogP contribution in [0.2, 0.25) is 0 Å². The summed E-state index contributed by atoms with van der Waals surface area (Å²) < 4.78 is 5.10. The maximum atomic E-state index is 11.8. The van der Waals surface area contributed by atoms with Crippen molar-refractivity contribution in [3.05, 3.63) is 17.0 Å². The first kappa shape index (κ1) is 14.7. The molecule has 0 spiro atoms. The van der Waals surface area contributed by atoms with Gasteiger partial charge in [-0.05, 0) is 39.7 Å². The van der Waals surface area contributed by atoms with Gasteiger partial charge in [-0.1, -0.05) is 12.1 Å². The predicted octanol–water partition coefficient (Wildman–Crippen LogP) is 1.84. The zero-order valence-corrected chi connectivity index (χ0v) is 11.6. The highest BCUT2D eigenvalue weighted by molar-refractivity contribution is 5.76. The van der Waals surface area contributed by atoms with Gasteiger partial charge in [-0.2, -0.15) is 0 Å². The molecule has 1 heterocycles. The van der Waals surface area contributed by atoms with Gasteiger partial charge in [-0.25, -0.2) is 0 Å². The Labute approximate surface area is 108 Å². The SMILES string of the molecule is Cc1noc(C)c1C(C)NC(=O)CCC(C)CN. The number of aromatic nitrogens is 1. The third-order valence-electron chi connectivity index (χ3n) is 3.17. The summed E-state index contributed by atoms with van der Waals surface area (Å²) in [5.41, 5.74) is 7.32. The van der Waals surface area contributed by atoms with E-state index in [-0.39, 0.29) is 11.9 Å². The third-order valence-corrected chi connectivity index (χ3v) is 3.17. The summed E-state index contributed by atoms with van der Waals surface area (Å²) in [6, 6.07) is -0.0723. The molecule has 0 aliphatic rings. The number of aryl methyl sites for hydroxylation is 2. The van der Waals surface area contributed by atoms with Gasteiger partial charge in [0, 0.05) is 12.0 Å². The second kappa shape index (κ2) is 6.54. The number of hydrogen-bond acceptors (Lipinski definition) is 4. The van der Waals surface area contributed by atoms with Crippen LogP contribution in [0.4, 0.5) is 0 Å². The molecular formula is C13H23N3O2. The largest absolute Gasteiger partial charge is 0.361 e. The molecule has 102 valence electrons. The number of amides is 1. The van der Waals surface area contributed by atoms with Crippen molar-refractivity contribution in [2.24, 2.45) is 11.7 Å². The van der Waals surface area contributed by atoms with Gasteiger partial charge in [0.05, 0.1) is 11.7 Å². The van der Waals surface area contributed by atoms with Crippen LogP contribution >= 0.6 is 0 Å². The van der Waals surface area contributed by atoms with E-state index in [1.807, 2.05) is 27.7 Å². The number of rotatable bonds is 6. The minimum absolute atomic E-state index is 0.0443. The molecule has 0 fully saturated rings. The quantitative estimate of drug-likeness (QED) is 0.810. The fraction of sp³-hybridized carbons (Fsp3) is 0.692. The number of carbonyl (C=O) groups excluding carboxylic acids is 1. The van der Waals surface area contributed by atoms with Gasteiger partial charge >= 0.3 is 0 Å². The lowest BCUT2D eigenvalue weighted by molar-refractivity contribution is -0.122. The fourth-order valence-electron chi connectivity index (χ4n) is 1.99. The van der Waals surface area contributed by atoms with Gasteiger partial charge < -0.3 is 15.6 Å². The molecule has 0 saturated heterocycles. The lowest BCUT2D eigenvalue weighted by atomic mass is 10.0. The second-order valence-electron chi connectivity index (χ2n) is 4.91. The zero-order chi connectivity index (χ0) is 13.7. The van der Waals surface area contributed by atoms with E-state index in [0.29, 0.717) is 18.9 Å². The topological polar surface area (TPSA) is 81.2 Å². The Bertz CT molecular complexity index is 381. The first-order valence-corrected chi connectivity index (χ1v) is 6.37. The van der Waals surface area contributed by atoms with Crippen LogP contribution in [0.5, 0.6) is 0 Å². The predicted molar refractivity (Wildman–Crippen MR) is 70.0 cm³/mol. The molecule has 0 bridgehead atoms. The van der Waals surface area contributed by atoms with E-state index in [4.69, 9.17) is 10.3 Å². The molecule has 0 aliphatic heterocycles. The van der Waals surface area contributed by atoms with Crippen LogP contribution in [0, 0.1) is 19.8 Å². The van der Waals surface area contributed by atoms with Crippen molar-refractivity contribution >= 4 is 5.91 Å². The summed E-state index contributed by atoms with van der Waals surface area (Å²) in [4.78, 5) is 11.8. The Morgan fingerprint density at radius 2 is 2.11 bits per heavy atom. The highest BCUT2D eigenvalue weighted by Crippen LogP contribution is 2.21. The van der Waals surface area contributed by atoms with Crippen molar-refractivity contribution in [2.45, 2.75) is 46.6 Å². The molecule has 2 atom stereocenters. The van der Waals surface area contributed by atoms with Gasteiger partial charge in [0.25, 0.3) is 0 Å². The molecule has 0 saturated carbocycles. The van der Waals surface area contributed by atoms with Crippen LogP contribution in [0.25, 0.3) is 0 Å². The van der Waals surface area contributed by atoms with Crippen LogP contribution in [-0.2, 0) is 4.79 Å². The highest BCUT2D eigenvalue weighted by atomic mass is 16.5. The van der Waals surface area contributed by atoms with Gasteiger partial charge in [0.2, 0.25) is 5.91 Å². The third kappa shape index (κ3) is 3.84. The second-order valence-corrected chi connectivity index (χ2v) is 4.91. The molecule has 0 aromatic carbocycles. The van der Waals surface area contributed by atoms with Crippen molar-refractivity contribution in [1.82, 2.24) is 10.5 Å². The Morgan fingerprint density at radius 1 is 1.44 bits per heavy atom. The summed E-state index contributed by atoms with van der Waals surface area (Å²) in [5, 5.41) is 6.85. The van der Waals surface area contributed by atoms with E-state index in [0.717, 1.165) is 23.4 Å². The van der Waals surface area contributed by atoms with Crippen LogP contribution in [0.3, 0.4) is 0 Å². The van der Waals surface area contributed by atoms with Crippen LogP contribution in [0.15, 0.2) is 4.52 Å². The number of nitrogens with one attached hydrogen (secondary N) is 1. The molecule has 1 aromatic heterocycles. The minimum atomic E-state index is -0.0723. The zero-order valence-electron chi connectivity index (χ0n) is 11.6. The van der Waals surface area contributed by atoms with Crippen molar-refractivity contribution in [3.63, 3.8) is 0 Å². The van der Waals surface area contributed by atoms with E-state index in [1.54, 1.807) is 0 Å². The summed E-state index contributed by atoms with van der Waals surface area (Å²) in [6.07, 6.45) is 1.32. The van der Waals surface area contributed by atoms with E-state index in [9.17, 15) is 4.79 Å². The number of nitrogens with zero attached hydrogens (tertiary/aromatic N) is 1. The standard InChI is InChI=1S/C13H23N3O2/c1-8(7-14)5-6-12(17)15-9(2)13-10(3)16-18-11(13)4/h8-9H,5-7,14H2,1-4H3,(H,15,17). The van der Waals surface area contributed by atoms with E-state index in [2.05, 4.69) is 10.5 Å². The smallest absolute Gasteiger partial charge is 0.220 e. The maximum Gasteiger partial charge on any atom is 0.220 e. The molecule has 1 aromatic rings. The van der Waals surface area contributed by atoms with E-state index in [1.165, 1.54) is 0 Å². The van der Waals surface area contributed by atoms with Crippen molar-refractivity contribution in [3.8, 4) is 0 Å². The van der Waals surface area contributed by atoms with Gasteiger partial charge in [0.15, 0.2) is 0 Å². The van der Waals surface area contributed by atoms with Crippen molar-refractivity contribution in [1.29, 1.82) is 0 Å². The fourth-order valence-corrected chi connectivity index (χ4v) is 1.99. The highest BCUT2D eigenvalue weighted by Gasteiger charge is 2.18. The Kier molecular flexibility index (Phi) is 5.34. The van der Waals surface area contributed by atoms with Crippen molar-refractivity contribution < 1.29 is 9.32 Å². The molecule has 3 N–H and O–H groups in total. The van der Waals surface area contributed by atoms with Crippen LogP contribution < -0.4 is 11.1 Å². The minimum Gasteiger partial charge on any atom is -0.361 e. The molecule has 0 aliphatic carbocycles. The van der Waals surface area contributed by atoms with Gasteiger partial charge in [0.1, 0.15) is 5.76 Å². The van der Waals surface area contributed by atoms with E-state index < -0.39 is 0 Å². The average molecular weight is 253 g/mol. The monoisotopic (exact) mass is 253 g/mol. The molecule has 18 heavy (non-hydrogen) atoms. The van der Waals surface area contributed by atoms with E-state index >= 15 is 0 Å². The molecule has 2 unspecified atom stereocenters.